The molecule has 42 heavy (non-hydrogen) atoms. The first-order chi connectivity index (χ1) is 20.2. The molecule has 0 atom stereocenters. The highest BCUT2D eigenvalue weighted by atomic mass is 31.2. The van der Waals surface area contributed by atoms with Gasteiger partial charge in [-0.05, 0) is 51.4 Å². The molecule has 0 aliphatic carbocycles. The summed E-state index contributed by atoms with van der Waals surface area (Å²) in [5.41, 5.74) is 0. The molecule has 0 heterocycles. The zero-order valence-corrected chi connectivity index (χ0v) is 31.5. The summed E-state index contributed by atoms with van der Waals surface area (Å²) in [4.78, 5) is 0. The van der Waals surface area contributed by atoms with E-state index in [9.17, 15) is 0 Å². The summed E-state index contributed by atoms with van der Waals surface area (Å²) in [7, 11) is -0.747. The van der Waals surface area contributed by atoms with Crippen molar-refractivity contribution in [3.8, 4) is 0 Å². The Morgan fingerprint density at radius 2 is 0.357 bits per heavy atom. The quantitative estimate of drug-likeness (QED) is 0.0554. The first kappa shape index (κ1) is 44.5. The molecule has 256 valence electrons. The van der Waals surface area contributed by atoms with Crippen LogP contribution in [0.4, 0.5) is 0 Å². The number of hydrogen-bond donors (Lipinski definition) is 1. The Bertz CT molecular complexity index is 424. The predicted molar refractivity (Wildman–Crippen MR) is 202 cm³/mol. The van der Waals surface area contributed by atoms with E-state index in [1.54, 1.807) is 50.3 Å². The Morgan fingerprint density at radius 3 is 0.524 bits per heavy atom. The predicted octanol–water partition coefficient (Wildman–Crippen LogP) is 15.7. The van der Waals surface area contributed by atoms with Gasteiger partial charge < -0.3 is 6.15 Å². The van der Waals surface area contributed by atoms with Gasteiger partial charge in [-0.25, -0.2) is 0 Å². The first-order valence-corrected chi connectivity index (χ1v) is 22.6. The van der Waals surface area contributed by atoms with Gasteiger partial charge in [0.15, 0.2) is 0 Å². The van der Waals surface area contributed by atoms with Crippen LogP contribution < -0.4 is 6.15 Å². The molecule has 0 aliphatic heterocycles. The van der Waals surface area contributed by atoms with Gasteiger partial charge in [-0.1, -0.05) is 182 Å². The third-order valence-electron chi connectivity index (χ3n) is 9.94. The molecule has 0 unspecified atom stereocenters. The molecule has 0 rings (SSSR count). The molecule has 1 nitrogen and oxygen atoms in total. The zero-order chi connectivity index (χ0) is 30.0. The van der Waals surface area contributed by atoms with Crippen LogP contribution in [0.3, 0.4) is 0 Å². The number of rotatable bonds is 36. The lowest BCUT2D eigenvalue weighted by Crippen LogP contribution is -2.13. The SMILES string of the molecule is CCCCCCCCCCCCCCCC[P+](CCCCCCCC)(CCCCCCCC)CCCCCCCC.N. The lowest BCUT2D eigenvalue weighted by Gasteiger charge is -2.28. The third kappa shape index (κ3) is 31.8. The van der Waals surface area contributed by atoms with E-state index in [0.717, 1.165) is 0 Å². The molecule has 0 amide bonds. The van der Waals surface area contributed by atoms with Crippen molar-refractivity contribution >= 4 is 7.26 Å². The van der Waals surface area contributed by atoms with Crippen LogP contribution in [0.1, 0.15) is 233 Å². The molecule has 3 N–H and O–H groups in total. The van der Waals surface area contributed by atoms with E-state index < -0.39 is 7.26 Å². The Balaban J connectivity index is 0. The van der Waals surface area contributed by atoms with Crippen molar-refractivity contribution in [1.29, 1.82) is 0 Å². The van der Waals surface area contributed by atoms with Gasteiger partial charge in [-0.15, -0.1) is 0 Å². The van der Waals surface area contributed by atoms with E-state index in [-0.39, 0.29) is 6.15 Å². The molecular formula is C40H87NP+. The van der Waals surface area contributed by atoms with Crippen molar-refractivity contribution in [2.45, 2.75) is 233 Å². The standard InChI is InChI=1S/C40H84P.H3N/c1-5-9-13-17-21-22-23-24-25-26-27-28-32-36-40-41(37-33-29-18-14-10-6-2,38-34-30-19-15-11-7-3)39-35-31-20-16-12-8-4;/h5-40H2,1-4H3;1H3/q+1;. The summed E-state index contributed by atoms with van der Waals surface area (Å²) in [6.45, 7) is 9.39. The summed E-state index contributed by atoms with van der Waals surface area (Å²) in [5.74, 6) is 0. The van der Waals surface area contributed by atoms with Crippen LogP contribution in [0.25, 0.3) is 0 Å². The van der Waals surface area contributed by atoms with Crippen molar-refractivity contribution in [2.24, 2.45) is 0 Å². The fourth-order valence-corrected chi connectivity index (χ4v) is 11.9. The summed E-state index contributed by atoms with van der Waals surface area (Å²) < 4.78 is 0. The monoisotopic (exact) mass is 613 g/mol. The minimum Gasteiger partial charge on any atom is -0.344 e. The second kappa shape index (κ2) is 37.6. The van der Waals surface area contributed by atoms with Gasteiger partial charge in [0.1, 0.15) is 0 Å². The highest BCUT2D eigenvalue weighted by Crippen LogP contribution is 2.61. The Morgan fingerprint density at radius 1 is 0.214 bits per heavy atom. The minimum absolute atomic E-state index is 0. The molecule has 0 aromatic carbocycles. The Labute approximate surface area is 270 Å². The third-order valence-corrected chi connectivity index (χ3v) is 15.0. The van der Waals surface area contributed by atoms with Crippen LogP contribution in [0, 0.1) is 0 Å². The van der Waals surface area contributed by atoms with Gasteiger partial charge in [0, 0.05) is 7.26 Å². The molecule has 0 saturated carbocycles. The van der Waals surface area contributed by atoms with Gasteiger partial charge in [-0.3, -0.25) is 0 Å². The largest absolute Gasteiger partial charge is 0.344 e. The summed E-state index contributed by atoms with van der Waals surface area (Å²) in [6.07, 6.45) is 54.2. The number of hydrogen-bond acceptors (Lipinski definition) is 1. The Hall–Kier alpha value is 0.390. The maximum atomic E-state index is 2.36. The van der Waals surface area contributed by atoms with Crippen molar-refractivity contribution in [2.75, 3.05) is 24.6 Å². The molecule has 0 aromatic rings. The van der Waals surface area contributed by atoms with Gasteiger partial charge in [-0.2, -0.15) is 0 Å². The minimum atomic E-state index is -0.747. The van der Waals surface area contributed by atoms with E-state index in [2.05, 4.69) is 27.7 Å². The average molecular weight is 613 g/mol. The normalized spacial score (nSPS) is 11.7. The molecular weight excluding hydrogens is 525 g/mol. The van der Waals surface area contributed by atoms with Crippen LogP contribution in [-0.4, -0.2) is 24.6 Å². The van der Waals surface area contributed by atoms with Crippen molar-refractivity contribution < 1.29 is 0 Å². The molecule has 0 saturated heterocycles. The topological polar surface area (TPSA) is 35.0 Å². The molecule has 0 aromatic heterocycles. The highest BCUT2D eigenvalue weighted by molar-refractivity contribution is 7.75. The van der Waals surface area contributed by atoms with Crippen molar-refractivity contribution in [1.82, 2.24) is 6.15 Å². The second-order valence-electron chi connectivity index (χ2n) is 14.1. The van der Waals surface area contributed by atoms with Crippen molar-refractivity contribution in [3.05, 3.63) is 0 Å². The van der Waals surface area contributed by atoms with Crippen molar-refractivity contribution in [3.63, 3.8) is 0 Å². The van der Waals surface area contributed by atoms with E-state index in [0.29, 0.717) is 0 Å². The molecule has 0 bridgehead atoms. The lowest BCUT2D eigenvalue weighted by molar-refractivity contribution is 0.538. The molecule has 2 heteroatoms. The highest BCUT2D eigenvalue weighted by Gasteiger charge is 2.34. The molecule has 0 aliphatic rings. The van der Waals surface area contributed by atoms with E-state index in [4.69, 9.17) is 0 Å². The number of unbranched alkanes of at least 4 members (excludes halogenated alkanes) is 28. The maximum absolute atomic E-state index is 2.36. The molecule has 0 fully saturated rings. The van der Waals surface area contributed by atoms with Crippen LogP contribution in [0.5, 0.6) is 0 Å². The maximum Gasteiger partial charge on any atom is 0.0594 e. The van der Waals surface area contributed by atoms with E-state index in [1.165, 1.54) is 180 Å². The molecule has 0 radical (unpaired) electrons. The smallest absolute Gasteiger partial charge is 0.0594 e. The van der Waals surface area contributed by atoms with Crippen LogP contribution in [0.2, 0.25) is 0 Å². The second-order valence-corrected chi connectivity index (χ2v) is 18.6. The van der Waals surface area contributed by atoms with Gasteiger partial charge in [0.05, 0.1) is 24.6 Å². The first-order valence-electron chi connectivity index (χ1n) is 20.1. The fourth-order valence-electron chi connectivity index (χ4n) is 7.00. The van der Waals surface area contributed by atoms with Crippen LogP contribution in [0.15, 0.2) is 0 Å². The Kier molecular flexibility index (Phi) is 39.8. The fraction of sp³-hybridized carbons (Fsp3) is 1.00. The summed E-state index contributed by atoms with van der Waals surface area (Å²) >= 11 is 0. The van der Waals surface area contributed by atoms with E-state index >= 15 is 0 Å². The van der Waals surface area contributed by atoms with Crippen LogP contribution in [-0.2, 0) is 0 Å². The molecule has 0 spiro atoms. The van der Waals surface area contributed by atoms with Gasteiger partial charge in [0.25, 0.3) is 0 Å². The van der Waals surface area contributed by atoms with Gasteiger partial charge in [0.2, 0.25) is 0 Å². The average Bonchev–Trinajstić information content (AvgIpc) is 2.98. The van der Waals surface area contributed by atoms with E-state index in [1.807, 2.05) is 0 Å². The van der Waals surface area contributed by atoms with Crippen LogP contribution >= 0.6 is 7.26 Å². The summed E-state index contributed by atoms with van der Waals surface area (Å²) in [6, 6.07) is 0. The van der Waals surface area contributed by atoms with Gasteiger partial charge >= 0.3 is 0 Å². The lowest BCUT2D eigenvalue weighted by atomic mass is 10.0. The zero-order valence-electron chi connectivity index (χ0n) is 30.6. The summed E-state index contributed by atoms with van der Waals surface area (Å²) in [5, 5.41) is 0.